The minimum atomic E-state index is -4.67. The van der Waals surface area contributed by atoms with Gasteiger partial charge in [-0.15, -0.1) is 0 Å². The third kappa shape index (κ3) is 11.4. The molecule has 170 valence electrons. The van der Waals surface area contributed by atoms with E-state index in [1.165, 1.54) is 22.3 Å². The van der Waals surface area contributed by atoms with Crippen molar-refractivity contribution in [2.24, 2.45) is 0 Å². The molecule has 0 aliphatic rings. The van der Waals surface area contributed by atoms with Crippen molar-refractivity contribution in [3.63, 3.8) is 0 Å². The molecule has 4 aromatic carbocycles. The largest absolute Gasteiger partial charge is 1.00 e. The van der Waals surface area contributed by atoms with Crippen molar-refractivity contribution in [3.05, 3.63) is 133 Å². The van der Waals surface area contributed by atoms with Crippen LogP contribution in [-0.2, 0) is 10.4 Å². The SMILES string of the molecule is C=Cc1ccc(-c2ccc(C=C)cc2)cc1.O=S(=O)(O)O.[H-].[Na+].c1ccc(-c2ccccc2)cc1. The first-order valence-corrected chi connectivity index (χ1v) is 11.5. The van der Waals surface area contributed by atoms with Gasteiger partial charge in [0.1, 0.15) is 0 Å². The van der Waals surface area contributed by atoms with E-state index >= 15 is 0 Å². The monoisotopic (exact) mass is 482 g/mol. The fourth-order valence-corrected chi connectivity index (χ4v) is 2.88. The first kappa shape index (κ1) is 29.3. The third-order valence-corrected chi connectivity index (χ3v) is 4.51. The molecule has 0 heterocycles. The minimum Gasteiger partial charge on any atom is -1.00 e. The fourth-order valence-electron chi connectivity index (χ4n) is 2.88. The van der Waals surface area contributed by atoms with Crippen LogP contribution in [0.25, 0.3) is 34.4 Å². The zero-order valence-corrected chi connectivity index (χ0v) is 21.9. The molecule has 34 heavy (non-hydrogen) atoms. The van der Waals surface area contributed by atoms with Crippen molar-refractivity contribution >= 4 is 22.6 Å². The Hall–Kier alpha value is -2.77. The molecule has 0 spiro atoms. The summed E-state index contributed by atoms with van der Waals surface area (Å²) in [5, 5.41) is 0. The van der Waals surface area contributed by atoms with Crippen molar-refractivity contribution in [1.29, 1.82) is 0 Å². The van der Waals surface area contributed by atoms with Gasteiger partial charge >= 0.3 is 40.0 Å². The van der Waals surface area contributed by atoms with Crippen LogP contribution in [0, 0.1) is 0 Å². The van der Waals surface area contributed by atoms with E-state index in [0.29, 0.717) is 0 Å². The van der Waals surface area contributed by atoms with Gasteiger partial charge in [0.2, 0.25) is 0 Å². The molecule has 0 saturated heterocycles. The van der Waals surface area contributed by atoms with Gasteiger partial charge in [0.15, 0.2) is 0 Å². The standard InChI is InChI=1S/C16H14.C12H10.Na.H2O4S.H/c1-3-13-5-9-15(10-6-13)16-11-7-14(4-2)8-12-16;1-3-7-11(8-4-1)12-9-5-2-6-10-12;;1-5(2,3)4;/h3-12H,1-2H2;1-10H;;(H2,1,2,3,4);/q;;+1;;-1. The summed E-state index contributed by atoms with van der Waals surface area (Å²) in [4.78, 5) is 0. The van der Waals surface area contributed by atoms with Crippen LogP contribution in [-0.4, -0.2) is 17.5 Å². The molecule has 0 bridgehead atoms. The topological polar surface area (TPSA) is 74.6 Å². The predicted octanol–water partition coefficient (Wildman–Crippen LogP) is 4.46. The molecule has 0 saturated carbocycles. The van der Waals surface area contributed by atoms with Gasteiger partial charge in [-0.25, -0.2) is 0 Å². The van der Waals surface area contributed by atoms with Crippen LogP contribution >= 0.6 is 0 Å². The average molecular weight is 483 g/mol. The van der Waals surface area contributed by atoms with Gasteiger partial charge in [0, 0.05) is 0 Å². The van der Waals surface area contributed by atoms with Crippen LogP contribution in [0.2, 0.25) is 0 Å². The van der Waals surface area contributed by atoms with Crippen LogP contribution in [0.5, 0.6) is 0 Å². The summed E-state index contributed by atoms with van der Waals surface area (Å²) in [7, 11) is -4.67. The number of hydrogen-bond donors (Lipinski definition) is 2. The molecule has 0 amide bonds. The second-order valence-electron chi connectivity index (χ2n) is 6.83. The Labute approximate surface area is 225 Å². The summed E-state index contributed by atoms with van der Waals surface area (Å²) in [5.74, 6) is 0. The molecule has 4 rings (SSSR count). The zero-order valence-electron chi connectivity index (χ0n) is 20.1. The molecular formula is C28H27NaO4S. The molecule has 0 aliphatic carbocycles. The molecule has 0 fully saturated rings. The van der Waals surface area contributed by atoms with Crippen molar-refractivity contribution in [2.45, 2.75) is 0 Å². The molecule has 4 nitrogen and oxygen atoms in total. The number of hydrogen-bond acceptors (Lipinski definition) is 2. The van der Waals surface area contributed by atoms with E-state index in [1.54, 1.807) is 0 Å². The molecule has 0 unspecified atom stereocenters. The van der Waals surface area contributed by atoms with Crippen LogP contribution in [0.3, 0.4) is 0 Å². The van der Waals surface area contributed by atoms with Crippen molar-refractivity contribution < 1.29 is 48.5 Å². The normalized spacial score (nSPS) is 9.71. The van der Waals surface area contributed by atoms with Crippen LogP contribution in [0.1, 0.15) is 12.6 Å². The van der Waals surface area contributed by atoms with Gasteiger partial charge in [0.05, 0.1) is 0 Å². The third-order valence-electron chi connectivity index (χ3n) is 4.51. The second-order valence-corrected chi connectivity index (χ2v) is 7.73. The Morgan fingerprint density at radius 1 is 0.529 bits per heavy atom. The zero-order chi connectivity index (χ0) is 24.1. The fraction of sp³-hybridized carbons (Fsp3) is 0. The van der Waals surface area contributed by atoms with Crippen LogP contribution < -0.4 is 29.6 Å². The van der Waals surface area contributed by atoms with E-state index < -0.39 is 10.4 Å². The van der Waals surface area contributed by atoms with E-state index in [1.807, 2.05) is 24.3 Å². The summed E-state index contributed by atoms with van der Waals surface area (Å²) >= 11 is 0. The maximum atomic E-state index is 8.74. The molecule has 6 heteroatoms. The van der Waals surface area contributed by atoms with Gasteiger partial charge in [-0.05, 0) is 33.4 Å². The quantitative estimate of drug-likeness (QED) is 0.333. The molecule has 0 aliphatic heterocycles. The van der Waals surface area contributed by atoms with Crippen molar-refractivity contribution in [1.82, 2.24) is 0 Å². The smallest absolute Gasteiger partial charge is 1.00 e. The Balaban J connectivity index is 0.000000542. The van der Waals surface area contributed by atoms with Gasteiger partial charge in [-0.1, -0.05) is 135 Å². The van der Waals surface area contributed by atoms with Gasteiger partial charge in [0.25, 0.3) is 0 Å². The summed E-state index contributed by atoms with van der Waals surface area (Å²) in [5.41, 5.74) is 7.29. The van der Waals surface area contributed by atoms with E-state index in [9.17, 15) is 0 Å². The number of rotatable bonds is 4. The Morgan fingerprint density at radius 2 is 0.765 bits per heavy atom. The summed E-state index contributed by atoms with van der Waals surface area (Å²) in [6, 6.07) is 37.5. The Kier molecular flexibility index (Phi) is 13.1. The maximum Gasteiger partial charge on any atom is 1.00 e. The maximum absolute atomic E-state index is 8.74. The van der Waals surface area contributed by atoms with E-state index in [4.69, 9.17) is 17.5 Å². The Morgan fingerprint density at radius 3 is 1.00 bits per heavy atom. The summed E-state index contributed by atoms with van der Waals surface area (Å²) < 4.78 is 31.6. The van der Waals surface area contributed by atoms with Gasteiger partial charge in [-0.3, -0.25) is 9.11 Å². The van der Waals surface area contributed by atoms with Crippen LogP contribution in [0.15, 0.2) is 122 Å². The molecule has 2 N–H and O–H groups in total. The van der Waals surface area contributed by atoms with Gasteiger partial charge in [-0.2, -0.15) is 8.42 Å². The van der Waals surface area contributed by atoms with Crippen molar-refractivity contribution in [3.8, 4) is 22.3 Å². The molecule has 4 aromatic rings. The van der Waals surface area contributed by atoms with Crippen LogP contribution in [0.4, 0.5) is 0 Å². The van der Waals surface area contributed by atoms with E-state index in [2.05, 4.69) is 110 Å². The second kappa shape index (κ2) is 15.2. The van der Waals surface area contributed by atoms with E-state index in [0.717, 1.165) is 11.1 Å². The van der Waals surface area contributed by atoms with Crippen molar-refractivity contribution in [2.75, 3.05) is 0 Å². The molecule has 0 radical (unpaired) electrons. The average Bonchev–Trinajstić information content (AvgIpc) is 2.85. The molecular weight excluding hydrogens is 455 g/mol. The van der Waals surface area contributed by atoms with E-state index in [-0.39, 0.29) is 31.0 Å². The first-order chi connectivity index (χ1) is 15.8. The predicted molar refractivity (Wildman–Crippen MR) is 139 cm³/mol. The Bertz CT molecular complexity index is 1150. The molecule has 0 aromatic heterocycles. The van der Waals surface area contributed by atoms with Gasteiger partial charge < -0.3 is 1.43 Å². The first-order valence-electron chi connectivity index (χ1n) is 10.1. The summed E-state index contributed by atoms with van der Waals surface area (Å²) in [6.45, 7) is 7.49. The minimum absolute atomic E-state index is 0. The number of benzene rings is 4. The summed E-state index contributed by atoms with van der Waals surface area (Å²) in [6.07, 6.45) is 3.70. The molecule has 0 atom stereocenters.